The van der Waals surface area contributed by atoms with Crippen molar-refractivity contribution in [3.63, 3.8) is 0 Å². The van der Waals surface area contributed by atoms with Crippen molar-refractivity contribution in [2.45, 2.75) is 184 Å². The molecule has 18 N–H and O–H groups in total. The largest absolute Gasteiger partial charge is 0.480 e. The summed E-state index contributed by atoms with van der Waals surface area (Å²) in [5.74, 6) is -7.46. The zero-order valence-electron chi connectivity index (χ0n) is 80.8. The van der Waals surface area contributed by atoms with Crippen LogP contribution in [0, 0.1) is 41.5 Å². The second-order valence-corrected chi connectivity index (χ2v) is 38.8. The van der Waals surface area contributed by atoms with Gasteiger partial charge in [0.15, 0.2) is 17.7 Å². The summed E-state index contributed by atoms with van der Waals surface area (Å²) >= 11 is 0. The van der Waals surface area contributed by atoms with Crippen molar-refractivity contribution >= 4 is 135 Å². The molecule has 0 saturated heterocycles. The predicted molar refractivity (Wildman–Crippen MR) is 533 cm³/mol. The molecule has 49 heteroatoms. The van der Waals surface area contributed by atoms with Gasteiger partial charge in [-0.2, -0.15) is 23.0 Å². The predicted octanol–water partition coefficient (Wildman–Crippen LogP) is 5.00. The lowest BCUT2D eigenvalue weighted by Gasteiger charge is -2.19. The Balaban J connectivity index is 0.617. The number of fused-ring (bicyclic) bond motifs is 2. The lowest BCUT2D eigenvalue weighted by Crippen LogP contribution is -2.49. The number of carbonyl (C=O) groups excluding carboxylic acids is 9. The first kappa shape index (κ1) is 112. The number of pyridine rings is 3. The van der Waals surface area contributed by atoms with Gasteiger partial charge in [-0.1, -0.05) is 65.7 Å². The van der Waals surface area contributed by atoms with Crippen molar-refractivity contribution in [1.82, 2.24) is 91.3 Å². The molecule has 46 nitrogen and oxygen atoms in total. The molecule has 5 aromatic heterocycles. The Labute approximate surface area is 835 Å². The molecule has 5 heterocycles. The van der Waals surface area contributed by atoms with Crippen LogP contribution in [0.3, 0.4) is 0 Å². The van der Waals surface area contributed by atoms with Gasteiger partial charge in [-0.15, -0.1) is 5.11 Å². The fourth-order valence-corrected chi connectivity index (χ4v) is 19.7. The lowest BCUT2D eigenvalue weighted by molar-refractivity contribution is -0.139. The monoisotopic (exact) mass is 2060 g/mol. The van der Waals surface area contributed by atoms with E-state index in [4.69, 9.17) is 9.47 Å². The summed E-state index contributed by atoms with van der Waals surface area (Å²) in [6.07, 6.45) is 11.4. The highest BCUT2D eigenvalue weighted by molar-refractivity contribution is 7.90. The van der Waals surface area contributed by atoms with E-state index in [9.17, 15) is 102 Å². The minimum atomic E-state index is -4.55. The van der Waals surface area contributed by atoms with E-state index in [0.717, 1.165) is 22.3 Å². The molecule has 145 heavy (non-hydrogen) atoms. The maximum absolute atomic E-state index is 14.0. The van der Waals surface area contributed by atoms with E-state index in [-0.39, 0.29) is 203 Å². The van der Waals surface area contributed by atoms with Crippen molar-refractivity contribution in [2.75, 3.05) is 89.4 Å². The summed E-state index contributed by atoms with van der Waals surface area (Å²) in [5.41, 5.74) is 3.63. The van der Waals surface area contributed by atoms with Crippen LogP contribution in [0.25, 0.3) is 21.8 Å². The summed E-state index contributed by atoms with van der Waals surface area (Å²) < 4.78 is 107. The molecule has 0 bridgehead atoms. The number of hydrogen-bond donors (Lipinski definition) is 18. The molecular formula is C96H120N22O24S3. The quantitative estimate of drug-likeness (QED) is 0.0135. The van der Waals surface area contributed by atoms with Gasteiger partial charge in [0.25, 0.3) is 27.8 Å². The summed E-state index contributed by atoms with van der Waals surface area (Å²) in [4.78, 5) is 191. The van der Waals surface area contributed by atoms with Gasteiger partial charge in [0, 0.05) is 191 Å². The van der Waals surface area contributed by atoms with Crippen LogP contribution in [0.1, 0.15) is 158 Å². The van der Waals surface area contributed by atoms with Crippen LogP contribution in [-0.4, -0.2) is 236 Å². The zero-order valence-corrected chi connectivity index (χ0v) is 83.2. The highest BCUT2D eigenvalue weighted by Crippen LogP contribution is 2.27. The number of carbonyl (C=O) groups is 11. The minimum Gasteiger partial charge on any atom is -0.480 e. The van der Waals surface area contributed by atoms with Crippen LogP contribution in [-0.2, 0) is 111 Å². The Morgan fingerprint density at radius 3 is 1.26 bits per heavy atom. The van der Waals surface area contributed by atoms with Gasteiger partial charge >= 0.3 is 11.9 Å². The molecule has 0 spiro atoms. The van der Waals surface area contributed by atoms with Gasteiger partial charge in [0.2, 0.25) is 66.3 Å². The number of aliphatic carboxylic acids is 2. The van der Waals surface area contributed by atoms with Crippen LogP contribution in [0.2, 0.25) is 0 Å². The number of azo groups is 1. The lowest BCUT2D eigenvalue weighted by atomic mass is 10.1. The van der Waals surface area contributed by atoms with Crippen LogP contribution in [0.5, 0.6) is 0 Å². The molecule has 5 aromatic carbocycles. The van der Waals surface area contributed by atoms with Crippen molar-refractivity contribution in [3.8, 4) is 0 Å². The summed E-state index contributed by atoms with van der Waals surface area (Å²) in [6.45, 7) is 11.0. The second kappa shape index (κ2) is 54.5. The van der Waals surface area contributed by atoms with E-state index in [1.165, 1.54) is 48.9 Å². The molecule has 0 fully saturated rings. The number of ether oxygens (including phenoxy) is 2. The van der Waals surface area contributed by atoms with Gasteiger partial charge < -0.3 is 97.3 Å². The van der Waals surface area contributed by atoms with E-state index in [0.29, 0.717) is 77.4 Å². The molecule has 10 rings (SSSR count). The van der Waals surface area contributed by atoms with E-state index < -0.39 is 131 Å². The average Bonchev–Trinajstić information content (AvgIpc) is 0.917. The molecule has 3 atom stereocenters. The molecule has 1 unspecified atom stereocenters. The first-order valence-corrected chi connectivity index (χ1v) is 51.1. The zero-order chi connectivity index (χ0) is 105. The maximum Gasteiger partial charge on any atom is 0.323 e. The van der Waals surface area contributed by atoms with E-state index in [1.54, 1.807) is 142 Å². The van der Waals surface area contributed by atoms with E-state index in [2.05, 4.69) is 103 Å². The SMILES string of the molecule is Cc1cc(C)c(S(=O)(=O)N[C@@H](CNC(=O)c2cn(CCCNC(=O)CCC(=O)NCCCOCCCNC(=O)CCC(NC(=O)c3ccc(N=NCc4ccccc4S(=O)(=O)O)nc3)C(=O)NCCCOCCCNC(=O)CCC(=O)NCCCn3cc(C(=O)NC[C@H](NS(=O)(=O)c4c(C)cc(C)cc4C)C(=O)O)c(=O)c4ccc(CNc5ncc[nH]5)cc43)c3cc(CNc4ncc[nH]4)ccc3c2=O)C(=O)O)c(C)c1. The fourth-order valence-electron chi connectivity index (χ4n) is 15.7. The van der Waals surface area contributed by atoms with Gasteiger partial charge in [0.05, 0.1) is 37.8 Å². The minimum absolute atomic E-state index is 0.0115. The number of benzene rings is 5. The molecule has 0 aliphatic carbocycles. The fraction of sp³-hybridized carbons (Fsp3) is 0.396. The topological polar surface area (TPSA) is 665 Å². The highest BCUT2D eigenvalue weighted by atomic mass is 32.2. The number of amides is 9. The van der Waals surface area contributed by atoms with Crippen molar-refractivity contribution in [2.24, 2.45) is 10.2 Å². The average molecular weight is 2060 g/mol. The van der Waals surface area contributed by atoms with Crippen LogP contribution in [0.4, 0.5) is 17.7 Å². The molecule has 9 amide bonds. The first-order chi connectivity index (χ1) is 69.2. The molecule has 10 aromatic rings. The number of rotatable bonds is 60. The van der Waals surface area contributed by atoms with Gasteiger partial charge in [0.1, 0.15) is 29.3 Å². The molecular weight excluding hydrogens is 1940 g/mol. The van der Waals surface area contributed by atoms with Crippen LogP contribution in [0.15, 0.2) is 175 Å². The van der Waals surface area contributed by atoms with Crippen LogP contribution >= 0.6 is 0 Å². The maximum atomic E-state index is 14.0. The molecule has 776 valence electrons. The molecule has 0 saturated carbocycles. The van der Waals surface area contributed by atoms with Crippen molar-refractivity contribution in [3.05, 3.63) is 228 Å². The summed E-state index contributed by atoms with van der Waals surface area (Å²) in [5, 5.41) is 58.8. The number of anilines is 2. The van der Waals surface area contributed by atoms with Crippen LogP contribution < -0.4 is 78.8 Å². The Kier molecular flexibility index (Phi) is 42.2. The number of aromatic nitrogens is 7. The number of nitrogens with one attached hydrogen (secondary N) is 15. The number of carboxylic acid groups (broad SMARTS) is 2. The third-order valence-electron chi connectivity index (χ3n) is 22.6. The van der Waals surface area contributed by atoms with E-state index >= 15 is 0 Å². The molecule has 0 aliphatic heterocycles. The number of hydrogen-bond acceptors (Lipinski definition) is 28. The Morgan fingerprint density at radius 1 is 0.462 bits per heavy atom. The van der Waals surface area contributed by atoms with Gasteiger partial charge in [-0.3, -0.25) is 66.9 Å². The van der Waals surface area contributed by atoms with Crippen molar-refractivity contribution in [1.29, 1.82) is 0 Å². The number of carboxylic acids is 2. The highest BCUT2D eigenvalue weighted by Gasteiger charge is 2.33. The number of H-pyrrole nitrogens is 2. The standard InChI is InChI=1S/C96H120N22O24S3/c1-59-45-61(3)87(62(4)46-59)143(134,135)115-74(93(130)131)55-108-90(127)71-57-117(76-49-65(17-20-69(76)85(71)124)51-110-95-103-35-36-104-95)39-9-29-97-81(120)25-27-83(122)100-32-12-42-141-41-11-31-99-80(119)24-22-73(113-89(126)68-19-23-79(107-53-68)114-112-54-67-15-7-8-16-78(67)145(138,139)140)92(129)102-34-14-44-142-43-13-33-101-84(123)28-26-82(121)98-30-10-40-118-58-72(86(125)70-21-18-66(50-77(70)118)52-111-96-105-37-38-106-96)91(128)109-56-75(94(132)133)116-144(136,137)88-63(5)47-60(2)48-64(88)6/h7-8,15-21,23,35-38,45-50,53,57-58,73-75,115-116H,9-14,22,24-34,39-44,51-52,54-56H2,1-6H3,(H,97,120)(H,98,121)(H,99,119)(H,100,122)(H,101,123)(H,102,129)(H,108,127)(H,109,128)(H,113,126)(H,130,131)(H,132,133)(H2,103,104,110)(H2,105,106,111)(H,138,139,140)/t73?,74-,75-/m0/s1. The number of nitrogens with zero attached hydrogens (tertiary/aromatic N) is 7. The molecule has 0 radical (unpaired) electrons. The second-order valence-electron chi connectivity index (χ2n) is 34.2. The number of sulfonamides is 2. The third kappa shape index (κ3) is 34.7. The first-order valence-electron chi connectivity index (χ1n) is 46.7. The Morgan fingerprint density at radius 2 is 0.869 bits per heavy atom. The Hall–Kier alpha value is -14.9. The van der Waals surface area contributed by atoms with Gasteiger partial charge in [-0.25, -0.2) is 31.8 Å². The normalized spacial score (nSPS) is 12.2. The Bertz CT molecular complexity index is 6780. The molecule has 0 aliphatic rings. The summed E-state index contributed by atoms with van der Waals surface area (Å²) in [7, 11) is -13.3. The number of aromatic amines is 2. The summed E-state index contributed by atoms with van der Waals surface area (Å²) in [6, 6.07) is 20.0. The number of imidazole rings is 2. The van der Waals surface area contributed by atoms with Gasteiger partial charge in [-0.05, 0) is 168 Å². The third-order valence-corrected chi connectivity index (χ3v) is 27.1. The van der Waals surface area contributed by atoms with Crippen molar-refractivity contribution < 1.29 is 102 Å². The number of aryl methyl sites for hydroxylation is 8. The van der Waals surface area contributed by atoms with E-state index in [1.807, 2.05) is 0 Å². The smallest absolute Gasteiger partial charge is 0.323 e.